The fourth-order valence-corrected chi connectivity index (χ4v) is 2.87. The van der Waals surface area contributed by atoms with Crippen LogP contribution in [0.15, 0.2) is 18.2 Å². The molecule has 1 aliphatic rings. The van der Waals surface area contributed by atoms with Gasteiger partial charge in [0, 0.05) is 11.5 Å². The van der Waals surface area contributed by atoms with E-state index in [1.807, 2.05) is 13.0 Å². The normalized spacial score (nSPS) is 30.2. The van der Waals surface area contributed by atoms with Crippen molar-refractivity contribution in [3.63, 3.8) is 0 Å². The van der Waals surface area contributed by atoms with E-state index in [-0.39, 0.29) is 11.7 Å². The third-order valence-corrected chi connectivity index (χ3v) is 4.40. The lowest BCUT2D eigenvalue weighted by molar-refractivity contribution is 0.164. The lowest BCUT2D eigenvalue weighted by atomic mass is 9.71. The van der Waals surface area contributed by atoms with E-state index >= 15 is 0 Å². The summed E-state index contributed by atoms with van der Waals surface area (Å²) in [6, 6.07) is 5.41. The quantitative estimate of drug-likeness (QED) is 0.851. The molecule has 1 fully saturated rings. The fraction of sp³-hybridized carbons (Fsp3) is 0.600. The Morgan fingerprint density at radius 3 is 2.56 bits per heavy atom. The van der Waals surface area contributed by atoms with Crippen LogP contribution in [0.2, 0.25) is 0 Å². The zero-order valence-corrected chi connectivity index (χ0v) is 11.0. The van der Waals surface area contributed by atoms with Crippen LogP contribution in [0.25, 0.3) is 0 Å². The van der Waals surface area contributed by atoms with Gasteiger partial charge in [0.25, 0.3) is 0 Å². The number of benzene rings is 1. The van der Waals surface area contributed by atoms with Gasteiger partial charge in [0.15, 0.2) is 0 Å². The van der Waals surface area contributed by atoms with Crippen LogP contribution < -0.4 is 5.73 Å². The Morgan fingerprint density at radius 1 is 1.33 bits per heavy atom. The zero-order chi connectivity index (χ0) is 13.3. The highest BCUT2D eigenvalue weighted by atomic mass is 19.1. The molecule has 0 aliphatic heterocycles. The number of hydrogen-bond acceptors (Lipinski definition) is 1. The first-order valence-corrected chi connectivity index (χ1v) is 6.62. The molecule has 2 N–H and O–H groups in total. The molecule has 1 nitrogen and oxygen atoms in total. The molecule has 18 heavy (non-hydrogen) atoms. The van der Waals surface area contributed by atoms with Gasteiger partial charge < -0.3 is 5.73 Å². The molecule has 0 amide bonds. The Balaban J connectivity index is 2.25. The summed E-state index contributed by atoms with van der Waals surface area (Å²) in [4.78, 5) is 0. The summed E-state index contributed by atoms with van der Waals surface area (Å²) in [5.74, 6) is -0.248. The van der Waals surface area contributed by atoms with Crippen molar-refractivity contribution in [3.8, 4) is 0 Å². The van der Waals surface area contributed by atoms with Crippen molar-refractivity contribution in [3.05, 3.63) is 35.1 Å². The van der Waals surface area contributed by atoms with E-state index in [2.05, 4.69) is 0 Å². The standard InChI is InChI=1S/C15H21F2N/c1-10-4-3-5-13(14(10)17)11(2)15(18)8-6-12(16)7-9-15/h3-5,11-12H,6-9,18H2,1-2H3. The van der Waals surface area contributed by atoms with Crippen LogP contribution in [0, 0.1) is 12.7 Å². The lowest BCUT2D eigenvalue weighted by Crippen LogP contribution is -2.48. The van der Waals surface area contributed by atoms with Crippen molar-refractivity contribution in [2.24, 2.45) is 5.73 Å². The Labute approximate surface area is 107 Å². The van der Waals surface area contributed by atoms with E-state index in [0.717, 1.165) is 0 Å². The number of nitrogens with two attached hydrogens (primary N) is 1. The summed E-state index contributed by atoms with van der Waals surface area (Å²) in [7, 11) is 0. The third-order valence-electron chi connectivity index (χ3n) is 4.40. The van der Waals surface area contributed by atoms with Crippen LogP contribution >= 0.6 is 0 Å². The monoisotopic (exact) mass is 253 g/mol. The smallest absolute Gasteiger partial charge is 0.129 e. The van der Waals surface area contributed by atoms with E-state index < -0.39 is 11.7 Å². The summed E-state index contributed by atoms with van der Waals surface area (Å²) in [5.41, 5.74) is 7.21. The van der Waals surface area contributed by atoms with Gasteiger partial charge in [-0.05, 0) is 43.7 Å². The Bertz CT molecular complexity index is 423. The van der Waals surface area contributed by atoms with Crippen LogP contribution in [-0.4, -0.2) is 11.7 Å². The fourth-order valence-electron chi connectivity index (χ4n) is 2.87. The molecule has 1 unspecified atom stereocenters. The van der Waals surface area contributed by atoms with Crippen LogP contribution in [0.5, 0.6) is 0 Å². The van der Waals surface area contributed by atoms with Crippen molar-refractivity contribution in [2.45, 2.75) is 57.2 Å². The maximum atomic E-state index is 14.1. The minimum Gasteiger partial charge on any atom is -0.325 e. The minimum atomic E-state index is -0.740. The molecule has 1 saturated carbocycles. The third kappa shape index (κ3) is 2.41. The SMILES string of the molecule is Cc1cccc(C(C)C2(N)CCC(F)CC2)c1F. The molecule has 3 heteroatoms. The first-order chi connectivity index (χ1) is 8.44. The van der Waals surface area contributed by atoms with Gasteiger partial charge in [-0.15, -0.1) is 0 Å². The van der Waals surface area contributed by atoms with E-state index in [1.165, 1.54) is 0 Å². The summed E-state index contributed by atoms with van der Waals surface area (Å²) in [5, 5.41) is 0. The second-order valence-electron chi connectivity index (χ2n) is 5.61. The van der Waals surface area contributed by atoms with Crippen molar-refractivity contribution in [2.75, 3.05) is 0 Å². The van der Waals surface area contributed by atoms with Gasteiger partial charge in [0.1, 0.15) is 12.0 Å². The largest absolute Gasteiger partial charge is 0.325 e. The topological polar surface area (TPSA) is 26.0 Å². The average Bonchev–Trinajstić information content (AvgIpc) is 2.36. The Hall–Kier alpha value is -0.960. The first kappa shape index (κ1) is 13.5. The van der Waals surface area contributed by atoms with E-state index in [0.29, 0.717) is 36.8 Å². The molecule has 0 spiro atoms. The molecule has 2 rings (SSSR count). The molecule has 0 radical (unpaired) electrons. The van der Waals surface area contributed by atoms with E-state index in [1.54, 1.807) is 19.1 Å². The molecule has 1 atom stereocenters. The number of hydrogen-bond donors (Lipinski definition) is 1. The summed E-state index contributed by atoms with van der Waals surface area (Å²) in [6.07, 6.45) is 1.50. The molecule has 0 aromatic heterocycles. The maximum Gasteiger partial charge on any atom is 0.129 e. The number of rotatable bonds is 2. The van der Waals surface area contributed by atoms with Gasteiger partial charge in [-0.25, -0.2) is 8.78 Å². The molecule has 1 aromatic rings. The molecular formula is C15H21F2N. The van der Waals surface area contributed by atoms with Gasteiger partial charge in [-0.2, -0.15) is 0 Å². The Kier molecular flexibility index (Phi) is 3.71. The first-order valence-electron chi connectivity index (χ1n) is 6.62. The summed E-state index contributed by atoms with van der Waals surface area (Å²) in [6.45, 7) is 3.71. The minimum absolute atomic E-state index is 0.0788. The van der Waals surface area contributed by atoms with Crippen LogP contribution in [0.4, 0.5) is 8.78 Å². The lowest BCUT2D eigenvalue weighted by Gasteiger charge is -2.40. The number of alkyl halides is 1. The average molecular weight is 253 g/mol. The van der Waals surface area contributed by atoms with Gasteiger partial charge in [0.05, 0.1) is 0 Å². The molecule has 1 aromatic carbocycles. The molecule has 0 saturated heterocycles. The predicted octanol–water partition coefficient (Wildman–Crippen LogP) is 3.85. The second kappa shape index (κ2) is 4.96. The highest BCUT2D eigenvalue weighted by Gasteiger charge is 2.38. The summed E-state index contributed by atoms with van der Waals surface area (Å²) >= 11 is 0. The van der Waals surface area contributed by atoms with Crippen LogP contribution in [0.1, 0.15) is 49.7 Å². The molecule has 0 bridgehead atoms. The van der Waals surface area contributed by atoms with Crippen molar-refractivity contribution in [1.29, 1.82) is 0 Å². The van der Waals surface area contributed by atoms with Crippen molar-refractivity contribution >= 4 is 0 Å². The van der Waals surface area contributed by atoms with Gasteiger partial charge in [-0.1, -0.05) is 25.1 Å². The van der Waals surface area contributed by atoms with Gasteiger partial charge in [0.2, 0.25) is 0 Å². The van der Waals surface area contributed by atoms with Crippen LogP contribution in [-0.2, 0) is 0 Å². The van der Waals surface area contributed by atoms with Crippen molar-refractivity contribution in [1.82, 2.24) is 0 Å². The Morgan fingerprint density at radius 2 is 1.94 bits per heavy atom. The summed E-state index contributed by atoms with van der Waals surface area (Å²) < 4.78 is 27.3. The highest BCUT2D eigenvalue weighted by molar-refractivity contribution is 5.30. The maximum absolute atomic E-state index is 14.1. The highest BCUT2D eigenvalue weighted by Crippen LogP contribution is 2.39. The van der Waals surface area contributed by atoms with E-state index in [9.17, 15) is 8.78 Å². The zero-order valence-electron chi connectivity index (χ0n) is 11.0. The molecule has 0 heterocycles. The van der Waals surface area contributed by atoms with E-state index in [4.69, 9.17) is 5.73 Å². The number of halogens is 2. The van der Waals surface area contributed by atoms with Crippen molar-refractivity contribution < 1.29 is 8.78 Å². The predicted molar refractivity (Wildman–Crippen MR) is 69.8 cm³/mol. The molecule has 100 valence electrons. The van der Waals surface area contributed by atoms with Crippen LogP contribution in [0.3, 0.4) is 0 Å². The molecule has 1 aliphatic carbocycles. The van der Waals surface area contributed by atoms with Gasteiger partial charge in [-0.3, -0.25) is 0 Å². The van der Waals surface area contributed by atoms with Gasteiger partial charge >= 0.3 is 0 Å². The molecular weight excluding hydrogens is 232 g/mol. The number of aryl methyl sites for hydroxylation is 1. The second-order valence-corrected chi connectivity index (χ2v) is 5.61.